The topological polar surface area (TPSA) is 21.3 Å². The van der Waals surface area contributed by atoms with Gasteiger partial charge in [-0.05, 0) is 88.7 Å². The highest BCUT2D eigenvalue weighted by Crippen LogP contribution is 2.35. The van der Waals surface area contributed by atoms with Crippen LogP contribution in [0.15, 0.2) is 51.4 Å². The summed E-state index contributed by atoms with van der Waals surface area (Å²) in [6, 6.07) is 15.4. The number of hydrogen-bond acceptors (Lipinski definition) is 2. The molecule has 2 aromatic rings. The van der Waals surface area contributed by atoms with Crippen LogP contribution >= 0.6 is 31.9 Å². The third-order valence-corrected chi connectivity index (χ3v) is 4.95. The Morgan fingerprint density at radius 2 is 1.58 bits per heavy atom. The summed E-state index contributed by atoms with van der Waals surface area (Å²) in [5, 5.41) is 3.60. The fourth-order valence-corrected chi connectivity index (χ4v) is 3.95. The van der Waals surface area contributed by atoms with Gasteiger partial charge in [0.15, 0.2) is 0 Å². The first-order valence-corrected chi connectivity index (χ1v) is 9.96. The van der Waals surface area contributed by atoms with Crippen molar-refractivity contribution in [3.8, 4) is 5.75 Å². The Bertz CT molecular complexity index is 620. The van der Waals surface area contributed by atoms with E-state index in [-0.39, 0.29) is 6.10 Å². The number of halogens is 2. The van der Waals surface area contributed by atoms with Crippen LogP contribution in [-0.4, -0.2) is 12.1 Å². The van der Waals surface area contributed by atoms with Crippen LogP contribution < -0.4 is 10.1 Å². The summed E-state index contributed by atoms with van der Waals surface area (Å²) in [5.41, 5.74) is 2.63. The molecular weight excluding hydrogens is 430 g/mol. The first kappa shape index (κ1) is 19.5. The van der Waals surface area contributed by atoms with E-state index in [1.165, 1.54) is 11.1 Å². The predicted octanol–water partition coefficient (Wildman–Crippen LogP) is 6.11. The van der Waals surface area contributed by atoms with Gasteiger partial charge in [-0.1, -0.05) is 30.3 Å². The van der Waals surface area contributed by atoms with Crippen molar-refractivity contribution in [3.05, 3.63) is 62.5 Å². The van der Waals surface area contributed by atoms with Gasteiger partial charge in [-0.15, -0.1) is 0 Å². The van der Waals surface area contributed by atoms with Gasteiger partial charge in [0.1, 0.15) is 5.75 Å². The van der Waals surface area contributed by atoms with E-state index in [9.17, 15) is 0 Å². The largest absolute Gasteiger partial charge is 0.489 e. The summed E-state index contributed by atoms with van der Waals surface area (Å²) in [6.07, 6.45) is 2.38. The molecule has 1 N–H and O–H groups in total. The molecular formula is C20H25Br2NO. The summed E-state index contributed by atoms with van der Waals surface area (Å²) >= 11 is 7.22. The second kappa shape index (κ2) is 9.59. The molecule has 2 rings (SSSR count). The Morgan fingerprint density at radius 1 is 0.958 bits per heavy atom. The molecule has 0 saturated carbocycles. The highest BCUT2D eigenvalue weighted by molar-refractivity contribution is 9.11. The molecule has 130 valence electrons. The van der Waals surface area contributed by atoms with E-state index in [2.05, 4.69) is 86.6 Å². The highest BCUT2D eigenvalue weighted by atomic mass is 79.9. The average Bonchev–Trinajstić information content (AvgIpc) is 2.55. The van der Waals surface area contributed by atoms with E-state index >= 15 is 0 Å². The van der Waals surface area contributed by atoms with E-state index < -0.39 is 0 Å². The second-order valence-corrected chi connectivity index (χ2v) is 8.07. The predicted molar refractivity (Wildman–Crippen MR) is 109 cm³/mol. The minimum atomic E-state index is 0.152. The minimum absolute atomic E-state index is 0.152. The maximum absolute atomic E-state index is 5.83. The molecule has 0 aliphatic rings. The Kier molecular flexibility index (Phi) is 7.79. The summed E-state index contributed by atoms with van der Waals surface area (Å²) in [6.45, 7) is 7.14. The van der Waals surface area contributed by atoms with E-state index in [1.54, 1.807) is 0 Å². The molecule has 1 atom stereocenters. The Labute approximate surface area is 162 Å². The summed E-state index contributed by atoms with van der Waals surface area (Å²) in [4.78, 5) is 0. The Morgan fingerprint density at radius 3 is 2.17 bits per heavy atom. The van der Waals surface area contributed by atoms with Crippen LogP contribution in [0.1, 0.15) is 38.3 Å². The normalized spacial score (nSPS) is 12.4. The molecule has 0 aromatic heterocycles. The molecule has 0 bridgehead atoms. The number of rotatable bonds is 8. The van der Waals surface area contributed by atoms with Gasteiger partial charge >= 0.3 is 0 Å². The van der Waals surface area contributed by atoms with Crippen molar-refractivity contribution >= 4 is 31.9 Å². The van der Waals surface area contributed by atoms with Crippen LogP contribution in [0, 0.1) is 0 Å². The van der Waals surface area contributed by atoms with E-state index in [4.69, 9.17) is 4.74 Å². The maximum Gasteiger partial charge on any atom is 0.148 e. The molecule has 0 fully saturated rings. The third-order valence-electron chi connectivity index (χ3n) is 3.78. The van der Waals surface area contributed by atoms with Crippen LogP contribution in [-0.2, 0) is 13.0 Å². The lowest BCUT2D eigenvalue weighted by molar-refractivity contribution is 0.239. The molecule has 0 amide bonds. The van der Waals surface area contributed by atoms with Crippen molar-refractivity contribution in [1.29, 1.82) is 0 Å². The fraction of sp³-hybridized carbons (Fsp3) is 0.400. The quantitative estimate of drug-likeness (QED) is 0.519. The molecule has 24 heavy (non-hydrogen) atoms. The van der Waals surface area contributed by atoms with Crippen LogP contribution in [0.3, 0.4) is 0 Å². The van der Waals surface area contributed by atoms with Crippen molar-refractivity contribution in [3.63, 3.8) is 0 Å². The van der Waals surface area contributed by atoms with Gasteiger partial charge in [-0.25, -0.2) is 0 Å². The molecule has 0 saturated heterocycles. The van der Waals surface area contributed by atoms with Crippen LogP contribution in [0.25, 0.3) is 0 Å². The average molecular weight is 455 g/mol. The fourth-order valence-electron chi connectivity index (χ4n) is 2.48. The van der Waals surface area contributed by atoms with Crippen LogP contribution in [0.5, 0.6) is 5.75 Å². The molecule has 0 spiro atoms. The number of ether oxygens (including phenoxy) is 1. The monoisotopic (exact) mass is 453 g/mol. The zero-order valence-electron chi connectivity index (χ0n) is 14.5. The van der Waals surface area contributed by atoms with Gasteiger partial charge in [-0.2, -0.15) is 0 Å². The molecule has 2 aromatic carbocycles. The van der Waals surface area contributed by atoms with Gasteiger partial charge in [0.25, 0.3) is 0 Å². The van der Waals surface area contributed by atoms with Crippen molar-refractivity contribution in [2.75, 3.05) is 0 Å². The van der Waals surface area contributed by atoms with E-state index in [0.717, 1.165) is 34.1 Å². The molecule has 4 heteroatoms. The molecule has 0 unspecified atom stereocenters. The zero-order chi connectivity index (χ0) is 17.5. The first-order chi connectivity index (χ1) is 11.5. The number of nitrogens with one attached hydrogen (secondary N) is 1. The van der Waals surface area contributed by atoms with Crippen LogP contribution in [0.2, 0.25) is 0 Å². The Hall–Kier alpha value is -0.840. The lowest BCUT2D eigenvalue weighted by atomic mass is 10.1. The molecule has 0 aliphatic heterocycles. The first-order valence-electron chi connectivity index (χ1n) is 8.37. The molecule has 0 radical (unpaired) electrons. The second-order valence-electron chi connectivity index (χ2n) is 6.36. The SMILES string of the molecule is CC(C)Oc1c(Br)cc(CN[C@H](C)CCc2ccccc2)cc1Br. The third kappa shape index (κ3) is 6.23. The van der Waals surface area contributed by atoms with Crippen molar-refractivity contribution < 1.29 is 4.74 Å². The van der Waals surface area contributed by atoms with E-state index in [0.29, 0.717) is 6.04 Å². The molecule has 0 heterocycles. The van der Waals surface area contributed by atoms with Crippen LogP contribution in [0.4, 0.5) is 0 Å². The standard InChI is InChI=1S/C20H25Br2NO/c1-14(2)24-20-18(21)11-17(12-19(20)22)13-23-15(3)9-10-16-7-5-4-6-8-16/h4-8,11-12,14-15,23H,9-10,13H2,1-3H3/t15-/m1/s1. The Balaban J connectivity index is 1.87. The number of hydrogen-bond donors (Lipinski definition) is 1. The van der Waals surface area contributed by atoms with E-state index in [1.807, 2.05) is 13.8 Å². The molecule has 2 nitrogen and oxygen atoms in total. The lowest BCUT2D eigenvalue weighted by Gasteiger charge is -2.17. The van der Waals surface area contributed by atoms with Gasteiger partial charge in [0.2, 0.25) is 0 Å². The number of aryl methyl sites for hydroxylation is 1. The summed E-state index contributed by atoms with van der Waals surface area (Å²) in [7, 11) is 0. The van der Waals surface area contributed by atoms with Crippen molar-refractivity contribution in [2.24, 2.45) is 0 Å². The highest BCUT2D eigenvalue weighted by Gasteiger charge is 2.11. The van der Waals surface area contributed by atoms with Crippen molar-refractivity contribution in [2.45, 2.75) is 52.3 Å². The minimum Gasteiger partial charge on any atom is -0.489 e. The molecule has 0 aliphatic carbocycles. The summed E-state index contributed by atoms with van der Waals surface area (Å²) < 4.78 is 7.80. The van der Waals surface area contributed by atoms with Crippen molar-refractivity contribution in [1.82, 2.24) is 5.32 Å². The van der Waals surface area contributed by atoms with Gasteiger partial charge in [0, 0.05) is 12.6 Å². The summed E-state index contributed by atoms with van der Waals surface area (Å²) in [5.74, 6) is 0.867. The van der Waals surface area contributed by atoms with Gasteiger partial charge in [0.05, 0.1) is 15.0 Å². The van der Waals surface area contributed by atoms with Gasteiger partial charge in [-0.3, -0.25) is 0 Å². The zero-order valence-corrected chi connectivity index (χ0v) is 17.7. The lowest BCUT2D eigenvalue weighted by Crippen LogP contribution is -2.26. The smallest absolute Gasteiger partial charge is 0.148 e. The maximum atomic E-state index is 5.83. The van der Waals surface area contributed by atoms with Gasteiger partial charge < -0.3 is 10.1 Å². The number of benzene rings is 2.